The van der Waals surface area contributed by atoms with Gasteiger partial charge in [0.15, 0.2) is 0 Å². The first-order chi connectivity index (χ1) is 9.47. The molecule has 2 unspecified atom stereocenters. The maximum atomic E-state index is 12.1. The third-order valence-corrected chi connectivity index (χ3v) is 4.10. The molecule has 1 aromatic rings. The van der Waals surface area contributed by atoms with Crippen LogP contribution in [0.2, 0.25) is 10.2 Å². The van der Waals surface area contributed by atoms with E-state index in [1.807, 2.05) is 0 Å². The van der Waals surface area contributed by atoms with Crippen LogP contribution in [-0.4, -0.2) is 28.0 Å². The Kier molecular flexibility index (Phi) is 4.83. The van der Waals surface area contributed by atoms with Crippen molar-refractivity contribution in [3.63, 3.8) is 0 Å². The second kappa shape index (κ2) is 6.41. The third kappa shape index (κ3) is 3.61. The van der Waals surface area contributed by atoms with Crippen LogP contribution in [0.25, 0.3) is 0 Å². The Bertz CT molecular complexity index is 536. The lowest BCUT2D eigenvalue weighted by Gasteiger charge is -2.27. The summed E-state index contributed by atoms with van der Waals surface area (Å²) in [6.45, 7) is 0. The summed E-state index contributed by atoms with van der Waals surface area (Å²) in [6, 6.07) is 1.32. The molecule has 0 bridgehead atoms. The first-order valence-electron chi connectivity index (χ1n) is 6.32. The molecule has 20 heavy (non-hydrogen) atoms. The van der Waals surface area contributed by atoms with Crippen molar-refractivity contribution in [1.82, 2.24) is 10.3 Å². The number of aromatic nitrogens is 1. The molecule has 1 aliphatic carbocycles. The highest BCUT2D eigenvalue weighted by Gasteiger charge is 2.28. The number of pyridine rings is 1. The largest absolute Gasteiger partial charge is 0.481 e. The number of nitrogens with one attached hydrogen (secondary N) is 1. The Morgan fingerprint density at radius 1 is 1.35 bits per heavy atom. The fourth-order valence-corrected chi connectivity index (χ4v) is 2.63. The Balaban J connectivity index is 2.00. The Labute approximate surface area is 126 Å². The lowest BCUT2D eigenvalue weighted by molar-refractivity contribution is -0.143. The molecule has 1 heterocycles. The second-order valence-corrected chi connectivity index (χ2v) is 5.63. The van der Waals surface area contributed by atoms with Gasteiger partial charge in [-0.1, -0.05) is 29.6 Å². The molecule has 0 spiro atoms. The summed E-state index contributed by atoms with van der Waals surface area (Å²) in [5.74, 6) is -1.51. The number of carbonyl (C=O) groups excluding carboxylic acids is 1. The van der Waals surface area contributed by atoms with Crippen molar-refractivity contribution in [3.05, 3.63) is 28.0 Å². The number of hydrogen-bond donors (Lipinski definition) is 2. The van der Waals surface area contributed by atoms with E-state index in [0.29, 0.717) is 18.4 Å². The lowest BCUT2D eigenvalue weighted by Crippen LogP contribution is -2.40. The number of carboxylic acids is 1. The van der Waals surface area contributed by atoms with Crippen LogP contribution in [0, 0.1) is 5.92 Å². The topological polar surface area (TPSA) is 79.3 Å². The molecule has 0 aromatic carbocycles. The number of carbonyl (C=O) groups is 2. The maximum Gasteiger partial charge on any atom is 0.306 e. The first-order valence-corrected chi connectivity index (χ1v) is 7.07. The highest BCUT2D eigenvalue weighted by molar-refractivity contribution is 6.41. The number of hydrogen-bond acceptors (Lipinski definition) is 3. The first kappa shape index (κ1) is 15.1. The van der Waals surface area contributed by atoms with Gasteiger partial charge in [0.2, 0.25) is 0 Å². The zero-order chi connectivity index (χ0) is 14.7. The van der Waals surface area contributed by atoms with Crippen molar-refractivity contribution in [2.75, 3.05) is 0 Å². The average Bonchev–Trinajstić information content (AvgIpc) is 2.42. The SMILES string of the molecule is O=C(NC1CCCC(C(=O)O)C1)c1cnc(Cl)c(Cl)c1. The monoisotopic (exact) mass is 316 g/mol. The van der Waals surface area contributed by atoms with Gasteiger partial charge in [0.25, 0.3) is 5.91 Å². The summed E-state index contributed by atoms with van der Waals surface area (Å²) in [6.07, 6.45) is 4.04. The van der Waals surface area contributed by atoms with E-state index in [4.69, 9.17) is 28.3 Å². The van der Waals surface area contributed by atoms with Gasteiger partial charge >= 0.3 is 5.97 Å². The molecule has 1 saturated carbocycles. The standard InChI is InChI=1S/C13H14Cl2N2O3/c14-10-5-8(6-16-11(10)15)12(18)17-9-3-1-2-7(4-9)13(19)20/h5-7,9H,1-4H2,(H,17,18)(H,19,20). The van der Waals surface area contributed by atoms with E-state index in [-0.39, 0.29) is 28.0 Å². The van der Waals surface area contributed by atoms with Crippen LogP contribution in [0.3, 0.4) is 0 Å². The molecule has 2 N–H and O–H groups in total. The summed E-state index contributed by atoms with van der Waals surface area (Å²) >= 11 is 11.5. The minimum atomic E-state index is -0.805. The predicted octanol–water partition coefficient (Wildman–Crippen LogP) is 2.76. The number of aliphatic carboxylic acids is 1. The minimum absolute atomic E-state index is 0.133. The smallest absolute Gasteiger partial charge is 0.306 e. The molecular weight excluding hydrogens is 303 g/mol. The Morgan fingerprint density at radius 3 is 2.75 bits per heavy atom. The number of amides is 1. The van der Waals surface area contributed by atoms with Gasteiger partial charge in [-0.15, -0.1) is 0 Å². The molecule has 7 heteroatoms. The molecule has 108 valence electrons. The van der Waals surface area contributed by atoms with Crippen LogP contribution in [0.1, 0.15) is 36.0 Å². The summed E-state index contributed by atoms with van der Waals surface area (Å²) in [7, 11) is 0. The number of nitrogens with zero attached hydrogens (tertiary/aromatic N) is 1. The average molecular weight is 317 g/mol. The molecule has 5 nitrogen and oxygen atoms in total. The van der Waals surface area contributed by atoms with Crippen molar-refractivity contribution < 1.29 is 14.7 Å². The van der Waals surface area contributed by atoms with Crippen LogP contribution in [0.5, 0.6) is 0 Å². The molecular formula is C13H14Cl2N2O3. The van der Waals surface area contributed by atoms with Crippen molar-refractivity contribution in [3.8, 4) is 0 Å². The summed E-state index contributed by atoms with van der Waals surface area (Å²) in [5, 5.41) is 12.2. The number of halogens is 2. The van der Waals surface area contributed by atoms with Crippen molar-refractivity contribution in [1.29, 1.82) is 0 Å². The summed E-state index contributed by atoms with van der Waals surface area (Å²) < 4.78 is 0. The van der Waals surface area contributed by atoms with Gasteiger partial charge in [0.1, 0.15) is 5.15 Å². The van der Waals surface area contributed by atoms with Crippen LogP contribution < -0.4 is 5.32 Å². The number of carboxylic acid groups (broad SMARTS) is 1. The van der Waals surface area contributed by atoms with E-state index < -0.39 is 5.97 Å². The Morgan fingerprint density at radius 2 is 2.10 bits per heavy atom. The molecule has 1 fully saturated rings. The van der Waals surface area contributed by atoms with Gasteiger partial charge in [-0.3, -0.25) is 9.59 Å². The van der Waals surface area contributed by atoms with Crippen molar-refractivity contribution in [2.45, 2.75) is 31.7 Å². The normalized spacial score (nSPS) is 22.3. The van der Waals surface area contributed by atoms with Crippen LogP contribution >= 0.6 is 23.2 Å². The predicted molar refractivity (Wildman–Crippen MR) is 75.1 cm³/mol. The molecule has 1 amide bonds. The van der Waals surface area contributed by atoms with Gasteiger partial charge in [-0.05, 0) is 25.3 Å². The van der Waals surface area contributed by atoms with Crippen molar-refractivity contribution >= 4 is 35.1 Å². The van der Waals surface area contributed by atoms with Crippen molar-refractivity contribution in [2.24, 2.45) is 5.92 Å². The quantitative estimate of drug-likeness (QED) is 0.840. The molecule has 2 rings (SSSR count). The van der Waals surface area contributed by atoms with Gasteiger partial charge in [-0.25, -0.2) is 4.98 Å². The fraction of sp³-hybridized carbons (Fsp3) is 0.462. The highest BCUT2D eigenvalue weighted by atomic mass is 35.5. The zero-order valence-corrected chi connectivity index (χ0v) is 12.1. The van der Waals surface area contributed by atoms with Crippen LogP contribution in [0.4, 0.5) is 0 Å². The highest BCUT2D eigenvalue weighted by Crippen LogP contribution is 2.25. The summed E-state index contributed by atoms with van der Waals surface area (Å²) in [4.78, 5) is 26.9. The molecule has 0 radical (unpaired) electrons. The van der Waals surface area contributed by atoms with E-state index in [0.717, 1.165) is 12.8 Å². The van der Waals surface area contributed by atoms with E-state index in [1.54, 1.807) is 0 Å². The molecule has 0 saturated heterocycles. The lowest BCUT2D eigenvalue weighted by atomic mass is 9.85. The molecule has 0 aliphatic heterocycles. The second-order valence-electron chi connectivity index (χ2n) is 4.87. The minimum Gasteiger partial charge on any atom is -0.481 e. The third-order valence-electron chi connectivity index (χ3n) is 3.42. The molecule has 2 atom stereocenters. The Hall–Kier alpha value is -1.33. The van der Waals surface area contributed by atoms with Crippen LogP contribution in [-0.2, 0) is 4.79 Å². The van der Waals surface area contributed by atoms with Gasteiger partial charge in [0, 0.05) is 12.2 Å². The van der Waals surface area contributed by atoms with E-state index in [2.05, 4.69) is 10.3 Å². The van der Waals surface area contributed by atoms with Gasteiger partial charge < -0.3 is 10.4 Å². The number of rotatable bonds is 3. The molecule has 1 aromatic heterocycles. The zero-order valence-electron chi connectivity index (χ0n) is 10.6. The van der Waals surface area contributed by atoms with E-state index >= 15 is 0 Å². The van der Waals surface area contributed by atoms with Gasteiger partial charge in [-0.2, -0.15) is 0 Å². The van der Waals surface area contributed by atoms with E-state index in [9.17, 15) is 9.59 Å². The van der Waals surface area contributed by atoms with Crippen LogP contribution in [0.15, 0.2) is 12.3 Å². The van der Waals surface area contributed by atoms with Gasteiger partial charge in [0.05, 0.1) is 16.5 Å². The van der Waals surface area contributed by atoms with E-state index in [1.165, 1.54) is 12.3 Å². The molecule has 1 aliphatic rings. The maximum absolute atomic E-state index is 12.1. The fourth-order valence-electron chi connectivity index (χ4n) is 2.36. The summed E-state index contributed by atoms with van der Waals surface area (Å²) in [5.41, 5.74) is 0.317.